The lowest BCUT2D eigenvalue weighted by molar-refractivity contribution is -0.137. The Hall–Kier alpha value is -3.92. The topological polar surface area (TPSA) is 125 Å². The van der Waals surface area contributed by atoms with Crippen molar-refractivity contribution >= 4 is 50.5 Å². The number of aryl methyl sites for hydroxylation is 1. The Labute approximate surface area is 275 Å². The Morgan fingerprint density at radius 3 is 2.51 bits per heavy atom. The molecule has 1 fully saturated rings. The zero-order chi connectivity index (χ0) is 34.5. The standard InChI is InChI=1S/C31H37F3N6O5S2/c1-7-19-14-20(40-11-10-39(17-18(40)2)29(42)45-30(3,4)5)8-9-22(19)36-28-35-16-21(31(32,33)34)25(37-28)23-15-24-26(46-23)27(41)38(6)12-13-47(24,43)44/h8-9,14-16,18H,7,10-13,17H2,1-6H3,(H,35,36,37)/t18-/m0/s1. The number of benzene rings is 1. The Morgan fingerprint density at radius 1 is 1.15 bits per heavy atom. The Balaban J connectivity index is 1.43. The predicted molar refractivity (Wildman–Crippen MR) is 173 cm³/mol. The van der Waals surface area contributed by atoms with E-state index in [1.165, 1.54) is 11.9 Å². The minimum absolute atomic E-state index is 0.00279. The summed E-state index contributed by atoms with van der Waals surface area (Å²) in [6.45, 7) is 11.0. The van der Waals surface area contributed by atoms with Crippen molar-refractivity contribution in [3.05, 3.63) is 46.5 Å². The van der Waals surface area contributed by atoms with Crippen LogP contribution in [-0.2, 0) is 27.2 Å². The highest BCUT2D eigenvalue weighted by molar-refractivity contribution is 7.91. The van der Waals surface area contributed by atoms with E-state index in [1.807, 2.05) is 46.8 Å². The number of halogens is 3. The third-order valence-corrected chi connectivity index (χ3v) is 10.9. The number of hydrogen-bond acceptors (Lipinski definition) is 10. The fraction of sp³-hybridized carbons (Fsp3) is 0.484. The molecule has 0 spiro atoms. The summed E-state index contributed by atoms with van der Waals surface area (Å²) in [7, 11) is -2.46. The van der Waals surface area contributed by atoms with Gasteiger partial charge in [-0.2, -0.15) is 13.2 Å². The van der Waals surface area contributed by atoms with Gasteiger partial charge in [-0.3, -0.25) is 4.79 Å². The van der Waals surface area contributed by atoms with E-state index < -0.39 is 38.8 Å². The number of aromatic nitrogens is 2. The Kier molecular flexibility index (Phi) is 9.22. The molecular formula is C31H37F3N6O5S2. The van der Waals surface area contributed by atoms with Crippen molar-refractivity contribution in [1.29, 1.82) is 0 Å². The minimum atomic E-state index is -4.84. The minimum Gasteiger partial charge on any atom is -0.444 e. The molecule has 254 valence electrons. The summed E-state index contributed by atoms with van der Waals surface area (Å²) in [4.78, 5) is 38.2. The number of rotatable bonds is 5. The SMILES string of the molecule is CCc1cc(N2CCN(C(=O)OC(C)(C)C)C[C@@H]2C)ccc1Nc1ncc(C(F)(F)F)c(-c2cc3c(s2)C(=O)N(C)CCS3(=O)=O)n1. The largest absolute Gasteiger partial charge is 0.444 e. The fourth-order valence-corrected chi connectivity index (χ4v) is 8.51. The maximum atomic E-state index is 14.1. The number of piperazine rings is 1. The first kappa shape index (κ1) is 34.4. The number of hydrogen-bond donors (Lipinski definition) is 1. The predicted octanol–water partition coefficient (Wildman–Crippen LogP) is 5.83. The van der Waals surface area contributed by atoms with E-state index in [-0.39, 0.29) is 45.0 Å². The van der Waals surface area contributed by atoms with Gasteiger partial charge in [-0.25, -0.2) is 23.2 Å². The van der Waals surface area contributed by atoms with Crippen LogP contribution in [-0.4, -0.2) is 90.8 Å². The number of fused-ring (bicyclic) bond motifs is 1. The summed E-state index contributed by atoms with van der Waals surface area (Å²) in [5.41, 5.74) is 0.106. The molecule has 2 amide bonds. The highest BCUT2D eigenvalue weighted by Crippen LogP contribution is 2.42. The number of sulfone groups is 1. The van der Waals surface area contributed by atoms with Crippen molar-refractivity contribution in [2.45, 2.75) is 63.8 Å². The molecule has 4 heterocycles. The molecule has 0 saturated carbocycles. The highest BCUT2D eigenvalue weighted by Gasteiger charge is 2.38. The van der Waals surface area contributed by atoms with Gasteiger partial charge in [-0.05, 0) is 63.9 Å². The van der Waals surface area contributed by atoms with Gasteiger partial charge in [0.15, 0.2) is 9.84 Å². The van der Waals surface area contributed by atoms with Crippen LogP contribution >= 0.6 is 11.3 Å². The summed E-state index contributed by atoms with van der Waals surface area (Å²) in [5.74, 6) is -1.04. The van der Waals surface area contributed by atoms with Crippen LogP contribution in [0.2, 0.25) is 0 Å². The van der Waals surface area contributed by atoms with Crippen LogP contribution in [0, 0.1) is 0 Å². The van der Waals surface area contributed by atoms with Crippen LogP contribution in [0.1, 0.15) is 55.4 Å². The van der Waals surface area contributed by atoms with Crippen LogP contribution in [0.15, 0.2) is 35.4 Å². The lowest BCUT2D eigenvalue weighted by atomic mass is 10.1. The number of amides is 2. The zero-order valence-corrected chi connectivity index (χ0v) is 28.6. The lowest BCUT2D eigenvalue weighted by Crippen LogP contribution is -2.54. The van der Waals surface area contributed by atoms with Crippen molar-refractivity contribution in [3.63, 3.8) is 0 Å². The Bertz CT molecular complexity index is 1810. The number of ether oxygens (including phenoxy) is 1. The summed E-state index contributed by atoms with van der Waals surface area (Å²) < 4.78 is 73.7. The second-order valence-corrected chi connectivity index (χ2v) is 15.7. The van der Waals surface area contributed by atoms with Gasteiger partial charge in [0, 0.05) is 56.8 Å². The number of nitrogens with one attached hydrogen (secondary N) is 1. The maximum absolute atomic E-state index is 14.1. The van der Waals surface area contributed by atoms with Crippen molar-refractivity contribution in [2.75, 3.05) is 49.2 Å². The summed E-state index contributed by atoms with van der Waals surface area (Å²) in [5, 5.41) is 3.03. The first-order valence-corrected chi connectivity index (χ1v) is 17.6. The number of alkyl halides is 3. The fourth-order valence-electron chi connectivity index (χ4n) is 5.48. The summed E-state index contributed by atoms with van der Waals surface area (Å²) >= 11 is 0.665. The molecule has 0 aliphatic carbocycles. The van der Waals surface area contributed by atoms with E-state index in [1.54, 1.807) is 11.0 Å². The molecule has 1 atom stereocenters. The molecule has 0 unspecified atom stereocenters. The number of nitrogens with zero attached hydrogens (tertiary/aromatic N) is 5. The average Bonchev–Trinajstić information content (AvgIpc) is 3.42. The highest BCUT2D eigenvalue weighted by atomic mass is 32.2. The maximum Gasteiger partial charge on any atom is 0.420 e. The van der Waals surface area contributed by atoms with E-state index >= 15 is 0 Å². The first-order chi connectivity index (χ1) is 21.9. The van der Waals surface area contributed by atoms with Crippen LogP contribution in [0.3, 0.4) is 0 Å². The molecule has 0 bridgehead atoms. The number of carbonyl (C=O) groups is 2. The second kappa shape index (κ2) is 12.6. The van der Waals surface area contributed by atoms with E-state index in [9.17, 15) is 31.2 Å². The van der Waals surface area contributed by atoms with Crippen molar-refractivity contribution < 1.29 is 35.9 Å². The van der Waals surface area contributed by atoms with Gasteiger partial charge >= 0.3 is 12.3 Å². The van der Waals surface area contributed by atoms with Gasteiger partial charge in [0.05, 0.1) is 21.2 Å². The lowest BCUT2D eigenvalue weighted by Gasteiger charge is -2.41. The van der Waals surface area contributed by atoms with Crippen LogP contribution < -0.4 is 10.2 Å². The third kappa shape index (κ3) is 7.32. The second-order valence-electron chi connectivity index (χ2n) is 12.6. The number of carbonyl (C=O) groups excluding carboxylic acids is 2. The van der Waals surface area contributed by atoms with Crippen LogP contribution in [0.25, 0.3) is 10.6 Å². The summed E-state index contributed by atoms with van der Waals surface area (Å²) in [6.07, 6.45) is -3.95. The van der Waals surface area contributed by atoms with Gasteiger partial charge in [-0.15, -0.1) is 11.3 Å². The normalized spacial score (nSPS) is 18.5. The van der Waals surface area contributed by atoms with Gasteiger partial charge in [0.2, 0.25) is 5.95 Å². The molecule has 16 heteroatoms. The van der Waals surface area contributed by atoms with Crippen molar-refractivity contribution in [3.8, 4) is 10.6 Å². The Morgan fingerprint density at radius 2 is 1.87 bits per heavy atom. The van der Waals surface area contributed by atoms with Gasteiger partial charge in [0.1, 0.15) is 16.0 Å². The van der Waals surface area contributed by atoms with Gasteiger partial charge < -0.3 is 24.8 Å². The van der Waals surface area contributed by atoms with Crippen molar-refractivity contribution in [2.24, 2.45) is 0 Å². The molecule has 2 aromatic heterocycles. The quantitative estimate of drug-likeness (QED) is 0.351. The molecule has 2 aliphatic rings. The van der Waals surface area contributed by atoms with E-state index in [0.29, 0.717) is 49.3 Å². The van der Waals surface area contributed by atoms with Crippen LogP contribution in [0.5, 0.6) is 0 Å². The van der Waals surface area contributed by atoms with Crippen molar-refractivity contribution in [1.82, 2.24) is 19.8 Å². The molecule has 1 aromatic carbocycles. The van der Waals surface area contributed by atoms with Crippen LogP contribution in [0.4, 0.5) is 35.3 Å². The van der Waals surface area contributed by atoms with Gasteiger partial charge in [0.25, 0.3) is 5.91 Å². The molecular weight excluding hydrogens is 658 g/mol. The summed E-state index contributed by atoms with van der Waals surface area (Å²) in [6, 6.07) is 6.77. The smallest absolute Gasteiger partial charge is 0.420 e. The van der Waals surface area contributed by atoms with E-state index in [4.69, 9.17) is 4.74 Å². The molecule has 1 saturated heterocycles. The van der Waals surface area contributed by atoms with Gasteiger partial charge in [-0.1, -0.05) is 6.92 Å². The zero-order valence-electron chi connectivity index (χ0n) is 26.9. The van der Waals surface area contributed by atoms with E-state index in [2.05, 4.69) is 20.2 Å². The molecule has 0 radical (unpaired) electrons. The molecule has 47 heavy (non-hydrogen) atoms. The number of anilines is 3. The molecule has 11 nitrogen and oxygen atoms in total. The van der Waals surface area contributed by atoms with E-state index in [0.717, 1.165) is 17.3 Å². The molecule has 5 rings (SSSR count). The third-order valence-electron chi connectivity index (χ3n) is 7.92. The number of thiophene rings is 1. The first-order valence-electron chi connectivity index (χ1n) is 15.1. The average molecular weight is 695 g/mol. The molecule has 2 aliphatic heterocycles. The molecule has 3 aromatic rings. The molecule has 1 N–H and O–H groups in total. The monoisotopic (exact) mass is 694 g/mol.